The highest BCUT2D eigenvalue weighted by Gasteiger charge is 2.22. The van der Waals surface area contributed by atoms with Crippen molar-refractivity contribution in [3.05, 3.63) is 0 Å². The molecule has 0 saturated carbocycles. The van der Waals surface area contributed by atoms with E-state index in [4.69, 9.17) is 14.3 Å². The van der Waals surface area contributed by atoms with Crippen LogP contribution in [-0.2, 0) is 18.2 Å². The van der Waals surface area contributed by atoms with Crippen LogP contribution in [-0.4, -0.2) is 35.8 Å². The molecule has 0 aliphatic heterocycles. The zero-order valence-electron chi connectivity index (χ0n) is 9.28. The average Bonchev–Trinajstić information content (AvgIpc) is 1.95. The van der Waals surface area contributed by atoms with Gasteiger partial charge in [-0.1, -0.05) is 6.92 Å². The third-order valence-electron chi connectivity index (χ3n) is 1.74. The van der Waals surface area contributed by atoms with Crippen molar-refractivity contribution in [1.29, 1.82) is 0 Å². The molecule has 0 aromatic rings. The monoisotopic (exact) mass is 260 g/mol. The fraction of sp³-hybridized carbons (Fsp3) is 1.00. The second-order valence-electron chi connectivity index (χ2n) is 3.69. The van der Waals surface area contributed by atoms with Crippen LogP contribution in [0.4, 0.5) is 0 Å². The van der Waals surface area contributed by atoms with E-state index in [0.29, 0.717) is 0 Å². The van der Waals surface area contributed by atoms with Gasteiger partial charge in [0, 0.05) is 19.2 Å². The van der Waals surface area contributed by atoms with Crippen LogP contribution in [0.1, 0.15) is 13.8 Å². The summed E-state index contributed by atoms with van der Waals surface area (Å²) in [6.07, 6.45) is -0.516. The lowest BCUT2D eigenvalue weighted by Crippen LogP contribution is -2.21. The summed E-state index contributed by atoms with van der Waals surface area (Å²) in [5.74, 6) is -0.245. The Morgan fingerprint density at radius 1 is 1.13 bits per heavy atom. The van der Waals surface area contributed by atoms with Crippen molar-refractivity contribution in [3.8, 4) is 0 Å². The third-order valence-corrected chi connectivity index (χ3v) is 3.09. The molecule has 0 aliphatic carbocycles. The van der Waals surface area contributed by atoms with Gasteiger partial charge in [-0.05, 0) is 6.92 Å². The SMILES string of the molecule is CC(COP(C)(=O)O)C(C)OP(C)(=O)O. The van der Waals surface area contributed by atoms with Crippen molar-refractivity contribution in [2.75, 3.05) is 19.9 Å². The Morgan fingerprint density at radius 3 is 1.93 bits per heavy atom. The molecule has 4 unspecified atom stereocenters. The molecule has 0 radical (unpaired) electrons. The topological polar surface area (TPSA) is 93.1 Å². The molecular weight excluding hydrogens is 242 g/mol. The highest BCUT2D eigenvalue weighted by Crippen LogP contribution is 2.41. The van der Waals surface area contributed by atoms with E-state index < -0.39 is 21.3 Å². The Balaban J connectivity index is 4.06. The summed E-state index contributed by atoms with van der Waals surface area (Å²) < 4.78 is 31.2. The van der Waals surface area contributed by atoms with Gasteiger partial charge in [-0.25, -0.2) is 0 Å². The molecule has 4 atom stereocenters. The molecule has 0 bridgehead atoms. The maximum Gasteiger partial charge on any atom is 0.325 e. The predicted octanol–water partition coefficient (Wildman–Crippen LogP) is 1.67. The molecule has 0 fully saturated rings. The fourth-order valence-electron chi connectivity index (χ4n) is 0.804. The molecule has 2 N–H and O–H groups in total. The van der Waals surface area contributed by atoms with Gasteiger partial charge in [0.15, 0.2) is 0 Å². The molecule has 6 nitrogen and oxygen atoms in total. The van der Waals surface area contributed by atoms with E-state index in [2.05, 4.69) is 4.52 Å². The van der Waals surface area contributed by atoms with Crippen LogP contribution in [0.5, 0.6) is 0 Å². The first-order valence-corrected chi connectivity index (χ1v) is 8.49. The molecule has 92 valence electrons. The normalized spacial score (nSPS) is 23.9. The molecule has 0 saturated heterocycles. The predicted molar refractivity (Wildman–Crippen MR) is 57.2 cm³/mol. The highest BCUT2D eigenvalue weighted by atomic mass is 31.2. The van der Waals surface area contributed by atoms with Gasteiger partial charge in [-0.15, -0.1) is 0 Å². The van der Waals surface area contributed by atoms with E-state index in [9.17, 15) is 9.13 Å². The van der Waals surface area contributed by atoms with Gasteiger partial charge in [0.1, 0.15) is 0 Å². The first-order valence-electron chi connectivity index (χ1n) is 4.45. The zero-order valence-corrected chi connectivity index (χ0v) is 11.1. The molecule has 0 spiro atoms. The van der Waals surface area contributed by atoms with Gasteiger partial charge in [-0.2, -0.15) is 0 Å². The lowest BCUT2D eigenvalue weighted by molar-refractivity contribution is 0.104. The Labute approximate surface area is 89.7 Å². The number of rotatable bonds is 6. The lowest BCUT2D eigenvalue weighted by atomic mass is 10.1. The van der Waals surface area contributed by atoms with E-state index in [1.807, 2.05) is 0 Å². The molecule has 8 heteroatoms. The van der Waals surface area contributed by atoms with Crippen molar-refractivity contribution >= 4 is 15.2 Å². The Bertz CT molecular complexity index is 279. The third kappa shape index (κ3) is 9.24. The highest BCUT2D eigenvalue weighted by molar-refractivity contribution is 7.52. The van der Waals surface area contributed by atoms with Crippen LogP contribution in [0.25, 0.3) is 0 Å². The second-order valence-corrected chi connectivity index (χ2v) is 7.37. The zero-order chi connectivity index (χ0) is 12.3. The first-order chi connectivity index (χ1) is 6.51. The summed E-state index contributed by atoms with van der Waals surface area (Å²) in [6.45, 7) is 5.50. The van der Waals surface area contributed by atoms with Crippen LogP contribution in [0.3, 0.4) is 0 Å². The molecule has 0 aliphatic rings. The minimum Gasteiger partial charge on any atom is -0.324 e. The van der Waals surface area contributed by atoms with Crippen molar-refractivity contribution in [1.82, 2.24) is 0 Å². The maximum atomic E-state index is 10.9. The largest absolute Gasteiger partial charge is 0.325 e. The average molecular weight is 260 g/mol. The maximum absolute atomic E-state index is 10.9. The summed E-state index contributed by atoms with van der Waals surface area (Å²) >= 11 is 0. The van der Waals surface area contributed by atoms with Crippen LogP contribution < -0.4 is 0 Å². The summed E-state index contributed by atoms with van der Waals surface area (Å²) in [4.78, 5) is 17.8. The standard InChI is InChI=1S/C7H18O6P2/c1-6(5-12-14(3,8)9)7(2)13-15(4,10)11/h6-7H,5H2,1-4H3,(H,8,9)(H,10,11). The quantitative estimate of drug-likeness (QED) is 0.705. The molecule has 0 heterocycles. The van der Waals surface area contributed by atoms with Crippen LogP contribution >= 0.6 is 15.2 Å². The number of hydrogen-bond donors (Lipinski definition) is 2. The van der Waals surface area contributed by atoms with Gasteiger partial charge >= 0.3 is 15.2 Å². The van der Waals surface area contributed by atoms with E-state index in [1.54, 1.807) is 13.8 Å². The Hall–Kier alpha value is 0.300. The Morgan fingerprint density at radius 2 is 1.60 bits per heavy atom. The second kappa shape index (κ2) is 5.58. The van der Waals surface area contributed by atoms with Gasteiger partial charge < -0.3 is 18.8 Å². The molecule has 0 aromatic heterocycles. The minimum absolute atomic E-state index is 0.00540. The van der Waals surface area contributed by atoms with Crippen molar-refractivity contribution in [2.24, 2.45) is 5.92 Å². The lowest BCUT2D eigenvalue weighted by Gasteiger charge is -2.21. The van der Waals surface area contributed by atoms with Gasteiger partial charge in [-0.3, -0.25) is 9.13 Å². The first kappa shape index (κ1) is 15.3. The van der Waals surface area contributed by atoms with E-state index >= 15 is 0 Å². The van der Waals surface area contributed by atoms with Crippen molar-refractivity contribution < 1.29 is 28.0 Å². The summed E-state index contributed by atoms with van der Waals surface area (Å²) in [5.41, 5.74) is 0. The minimum atomic E-state index is -3.53. The molecular formula is C7H18O6P2. The van der Waals surface area contributed by atoms with Gasteiger partial charge in [0.2, 0.25) is 0 Å². The van der Waals surface area contributed by atoms with Gasteiger partial charge in [0.25, 0.3) is 0 Å². The summed E-state index contributed by atoms with van der Waals surface area (Å²) in [6, 6.07) is 0. The smallest absolute Gasteiger partial charge is 0.324 e. The fourth-order valence-corrected chi connectivity index (χ4v) is 2.14. The molecule has 0 aromatic carbocycles. The van der Waals surface area contributed by atoms with E-state index in [1.165, 1.54) is 0 Å². The summed E-state index contributed by atoms with van der Waals surface area (Å²) in [5, 5.41) is 0. The molecule has 15 heavy (non-hydrogen) atoms. The van der Waals surface area contributed by atoms with Gasteiger partial charge in [0.05, 0.1) is 12.7 Å². The van der Waals surface area contributed by atoms with Crippen LogP contribution in [0, 0.1) is 5.92 Å². The summed E-state index contributed by atoms with van der Waals surface area (Å²) in [7, 11) is -7.02. The van der Waals surface area contributed by atoms with E-state index in [0.717, 1.165) is 13.3 Å². The molecule has 0 rings (SSSR count). The van der Waals surface area contributed by atoms with Crippen molar-refractivity contribution in [2.45, 2.75) is 20.0 Å². The van der Waals surface area contributed by atoms with Crippen molar-refractivity contribution in [3.63, 3.8) is 0 Å². The number of hydrogen-bond acceptors (Lipinski definition) is 4. The Kier molecular flexibility index (Phi) is 5.69. The van der Waals surface area contributed by atoms with Crippen LogP contribution in [0.15, 0.2) is 0 Å². The molecule has 0 amide bonds. The van der Waals surface area contributed by atoms with Crippen LogP contribution in [0.2, 0.25) is 0 Å². The van der Waals surface area contributed by atoms with E-state index in [-0.39, 0.29) is 12.5 Å².